The van der Waals surface area contributed by atoms with Gasteiger partial charge in [-0.15, -0.1) is 0 Å². The smallest absolute Gasteiger partial charge is 0.279 e. The predicted molar refractivity (Wildman–Crippen MR) is 48.5 cm³/mol. The minimum Gasteiger partial charge on any atom is -0.358 e. The third-order valence-corrected chi connectivity index (χ3v) is 1.87. The van der Waals surface area contributed by atoms with Crippen LogP contribution in [0.5, 0.6) is 0 Å². The molecule has 0 saturated carbocycles. The molecule has 1 aromatic carbocycles. The summed E-state index contributed by atoms with van der Waals surface area (Å²) < 4.78 is 0. The van der Waals surface area contributed by atoms with Crippen LogP contribution in [-0.4, -0.2) is 9.91 Å². The van der Waals surface area contributed by atoms with Crippen LogP contribution in [0.25, 0.3) is 10.9 Å². The number of nitro groups is 1. The van der Waals surface area contributed by atoms with Gasteiger partial charge in [-0.05, 0) is 13.0 Å². The first kappa shape index (κ1) is 7.79. The van der Waals surface area contributed by atoms with Gasteiger partial charge in [0.05, 0.1) is 15.8 Å². The summed E-state index contributed by atoms with van der Waals surface area (Å²) in [6.45, 7) is 1.82. The molecule has 0 unspecified atom stereocenters. The van der Waals surface area contributed by atoms with E-state index in [1.54, 1.807) is 12.1 Å². The summed E-state index contributed by atoms with van der Waals surface area (Å²) in [5.74, 6) is 0. The van der Waals surface area contributed by atoms with E-state index >= 15 is 0 Å². The molecule has 2 aromatic rings. The molecule has 0 atom stereocenters. The van der Waals surface area contributed by atoms with Gasteiger partial charge in [0.1, 0.15) is 0 Å². The Balaban J connectivity index is 2.82. The Labute approximate surface area is 74.3 Å². The minimum atomic E-state index is -0.397. The van der Waals surface area contributed by atoms with Gasteiger partial charge in [-0.1, -0.05) is 6.07 Å². The summed E-state index contributed by atoms with van der Waals surface area (Å²) >= 11 is 0. The monoisotopic (exact) mass is 175 g/mol. The van der Waals surface area contributed by atoms with Crippen molar-refractivity contribution in [2.24, 2.45) is 0 Å². The number of non-ortho nitro benzene ring substituents is 1. The number of fused-ring (bicyclic) bond motifs is 1. The van der Waals surface area contributed by atoms with E-state index in [1.807, 2.05) is 6.92 Å². The number of nitrogens with one attached hydrogen (secondary N) is 1. The van der Waals surface area contributed by atoms with Gasteiger partial charge in [-0.2, -0.15) is 0 Å². The average molecular weight is 175 g/mol. The lowest BCUT2D eigenvalue weighted by Crippen LogP contribution is -1.87. The molecule has 65 valence electrons. The normalized spacial score (nSPS) is 10.5. The zero-order valence-corrected chi connectivity index (χ0v) is 7.00. The fourth-order valence-electron chi connectivity index (χ4n) is 1.35. The van der Waals surface area contributed by atoms with Crippen molar-refractivity contribution in [3.8, 4) is 0 Å². The summed E-state index contributed by atoms with van der Waals surface area (Å²) in [5.41, 5.74) is 1.66. The van der Waals surface area contributed by atoms with Crippen LogP contribution in [-0.2, 0) is 0 Å². The van der Waals surface area contributed by atoms with Crippen molar-refractivity contribution in [3.05, 3.63) is 40.1 Å². The standard InChI is InChI=1S/C9H7N2O2/c1-6-5-7-8(10-6)3-2-4-9(7)11(12)13/h2-4,10H,1H3. The second kappa shape index (κ2) is 2.58. The highest BCUT2D eigenvalue weighted by Crippen LogP contribution is 2.24. The summed E-state index contributed by atoms with van der Waals surface area (Å²) in [6.07, 6.45) is 0. The molecule has 2 rings (SSSR count). The van der Waals surface area contributed by atoms with Crippen molar-refractivity contribution < 1.29 is 4.92 Å². The van der Waals surface area contributed by atoms with E-state index in [0.29, 0.717) is 5.39 Å². The molecule has 0 spiro atoms. The highest BCUT2D eigenvalue weighted by Gasteiger charge is 2.12. The van der Waals surface area contributed by atoms with Crippen LogP contribution in [0, 0.1) is 23.1 Å². The van der Waals surface area contributed by atoms with E-state index in [9.17, 15) is 10.1 Å². The third-order valence-electron chi connectivity index (χ3n) is 1.87. The molecular weight excluding hydrogens is 168 g/mol. The molecule has 1 heterocycles. The Hall–Kier alpha value is -1.84. The Bertz CT molecular complexity index is 473. The van der Waals surface area contributed by atoms with Gasteiger partial charge >= 0.3 is 0 Å². The summed E-state index contributed by atoms with van der Waals surface area (Å²) in [7, 11) is 0. The zero-order chi connectivity index (χ0) is 9.42. The lowest BCUT2D eigenvalue weighted by Gasteiger charge is -1.91. The van der Waals surface area contributed by atoms with Gasteiger partial charge in [-0.3, -0.25) is 10.1 Å². The van der Waals surface area contributed by atoms with E-state index in [0.717, 1.165) is 11.2 Å². The number of aromatic nitrogens is 1. The van der Waals surface area contributed by atoms with Crippen molar-refractivity contribution >= 4 is 16.6 Å². The topological polar surface area (TPSA) is 58.9 Å². The molecule has 0 fully saturated rings. The quantitative estimate of drug-likeness (QED) is 0.533. The van der Waals surface area contributed by atoms with Crippen LogP contribution >= 0.6 is 0 Å². The summed E-state index contributed by atoms with van der Waals surface area (Å²) in [4.78, 5) is 13.2. The first-order valence-electron chi connectivity index (χ1n) is 3.83. The van der Waals surface area contributed by atoms with E-state index in [4.69, 9.17) is 0 Å². The van der Waals surface area contributed by atoms with Crippen LogP contribution in [0.1, 0.15) is 5.69 Å². The van der Waals surface area contributed by atoms with E-state index in [2.05, 4.69) is 11.1 Å². The summed E-state index contributed by atoms with van der Waals surface area (Å²) in [6, 6.07) is 7.84. The van der Waals surface area contributed by atoms with Crippen LogP contribution in [0.2, 0.25) is 0 Å². The number of nitro benzene ring substituents is 1. The third kappa shape index (κ3) is 1.16. The Morgan fingerprint density at radius 2 is 2.31 bits per heavy atom. The number of aryl methyl sites for hydroxylation is 1. The van der Waals surface area contributed by atoms with E-state index in [1.165, 1.54) is 6.07 Å². The predicted octanol–water partition coefficient (Wildman–Crippen LogP) is 2.18. The summed E-state index contributed by atoms with van der Waals surface area (Å²) in [5, 5.41) is 11.1. The van der Waals surface area contributed by atoms with Gasteiger partial charge in [-0.25, -0.2) is 0 Å². The molecule has 4 heteroatoms. The van der Waals surface area contributed by atoms with Crippen LogP contribution < -0.4 is 0 Å². The average Bonchev–Trinajstić information content (AvgIpc) is 2.43. The fraction of sp³-hybridized carbons (Fsp3) is 0.111. The molecule has 1 aromatic heterocycles. The maximum absolute atomic E-state index is 10.6. The van der Waals surface area contributed by atoms with Gasteiger partial charge in [0.15, 0.2) is 0 Å². The largest absolute Gasteiger partial charge is 0.358 e. The molecule has 0 bridgehead atoms. The number of hydrogen-bond acceptors (Lipinski definition) is 2. The van der Waals surface area contributed by atoms with E-state index in [-0.39, 0.29) is 5.69 Å². The first-order chi connectivity index (χ1) is 6.18. The maximum atomic E-state index is 10.6. The maximum Gasteiger partial charge on any atom is 0.279 e. The zero-order valence-electron chi connectivity index (χ0n) is 7.00. The Morgan fingerprint density at radius 3 is 3.00 bits per heavy atom. The molecule has 0 amide bonds. The lowest BCUT2D eigenvalue weighted by atomic mass is 10.2. The Kier molecular flexibility index (Phi) is 1.55. The highest BCUT2D eigenvalue weighted by atomic mass is 16.6. The van der Waals surface area contributed by atoms with Crippen molar-refractivity contribution in [1.82, 2.24) is 4.98 Å². The van der Waals surface area contributed by atoms with Crippen molar-refractivity contribution in [2.75, 3.05) is 0 Å². The minimum absolute atomic E-state index is 0.0989. The SMILES string of the molecule is Cc1[c]c2c([N+](=O)[O-])cccc2[nH]1. The second-order valence-electron chi connectivity index (χ2n) is 2.83. The van der Waals surface area contributed by atoms with Gasteiger partial charge < -0.3 is 4.98 Å². The molecule has 13 heavy (non-hydrogen) atoms. The number of nitrogens with zero attached hydrogens (tertiary/aromatic N) is 1. The van der Waals surface area contributed by atoms with Crippen LogP contribution in [0.3, 0.4) is 0 Å². The van der Waals surface area contributed by atoms with Crippen molar-refractivity contribution in [1.29, 1.82) is 0 Å². The van der Waals surface area contributed by atoms with Crippen LogP contribution in [0.4, 0.5) is 5.69 Å². The second-order valence-corrected chi connectivity index (χ2v) is 2.83. The highest BCUT2D eigenvalue weighted by molar-refractivity contribution is 5.88. The van der Waals surface area contributed by atoms with Crippen LogP contribution in [0.15, 0.2) is 18.2 Å². The van der Waals surface area contributed by atoms with E-state index < -0.39 is 4.92 Å². The first-order valence-corrected chi connectivity index (χ1v) is 3.83. The molecule has 1 radical (unpaired) electrons. The molecule has 1 N–H and O–H groups in total. The number of aromatic amines is 1. The lowest BCUT2D eigenvalue weighted by molar-refractivity contribution is -0.383. The molecular formula is C9H7N2O2. The van der Waals surface area contributed by atoms with Crippen molar-refractivity contribution in [2.45, 2.75) is 6.92 Å². The molecule has 4 nitrogen and oxygen atoms in total. The van der Waals surface area contributed by atoms with Gasteiger partial charge in [0.2, 0.25) is 0 Å². The molecule has 0 aliphatic heterocycles. The number of rotatable bonds is 1. The van der Waals surface area contributed by atoms with Gasteiger partial charge in [0, 0.05) is 17.8 Å². The fourth-order valence-corrected chi connectivity index (χ4v) is 1.35. The number of hydrogen-bond donors (Lipinski definition) is 1. The number of H-pyrrole nitrogens is 1. The number of benzene rings is 1. The molecule has 0 aliphatic rings. The molecule has 0 aliphatic carbocycles. The Morgan fingerprint density at radius 1 is 1.54 bits per heavy atom. The molecule has 0 saturated heterocycles. The van der Waals surface area contributed by atoms with Gasteiger partial charge in [0.25, 0.3) is 5.69 Å². The van der Waals surface area contributed by atoms with Crippen molar-refractivity contribution in [3.63, 3.8) is 0 Å².